The summed E-state index contributed by atoms with van der Waals surface area (Å²) in [6, 6.07) is 59.2. The van der Waals surface area contributed by atoms with Gasteiger partial charge in [0.15, 0.2) is 0 Å². The second-order valence-electron chi connectivity index (χ2n) is 12.7. The lowest BCUT2D eigenvalue weighted by molar-refractivity contribution is 1.11. The molecule has 228 valence electrons. The van der Waals surface area contributed by atoms with Gasteiger partial charge in [0.05, 0.1) is 27.6 Å². The van der Waals surface area contributed by atoms with Gasteiger partial charge in [-0.25, -0.2) is 4.98 Å². The zero-order valence-electron chi connectivity index (χ0n) is 26.3. The third-order valence-electron chi connectivity index (χ3n) is 10.1. The number of para-hydroxylation sites is 4. The van der Waals surface area contributed by atoms with Gasteiger partial charge in [0.2, 0.25) is 0 Å². The summed E-state index contributed by atoms with van der Waals surface area (Å²) in [5.41, 5.74) is 9.33. The molecule has 0 atom stereocenters. The van der Waals surface area contributed by atoms with E-state index in [0.717, 1.165) is 27.9 Å². The number of thiophene rings is 1. The van der Waals surface area contributed by atoms with E-state index in [1.54, 1.807) is 0 Å². The summed E-state index contributed by atoms with van der Waals surface area (Å²) in [6.07, 6.45) is 0. The largest absolute Gasteiger partial charge is 0.309 e. The molecular formula is C45H27N3S. The Labute approximate surface area is 285 Å². The van der Waals surface area contributed by atoms with E-state index in [9.17, 15) is 0 Å². The molecule has 0 spiro atoms. The van der Waals surface area contributed by atoms with Crippen molar-refractivity contribution in [3.63, 3.8) is 0 Å². The van der Waals surface area contributed by atoms with Crippen molar-refractivity contribution in [2.45, 2.75) is 0 Å². The van der Waals surface area contributed by atoms with Crippen molar-refractivity contribution in [3.05, 3.63) is 164 Å². The van der Waals surface area contributed by atoms with Crippen LogP contribution in [0.1, 0.15) is 0 Å². The van der Waals surface area contributed by atoms with E-state index in [2.05, 4.69) is 173 Å². The molecule has 0 N–H and O–H groups in total. The maximum Gasteiger partial charge on any atom is 0.138 e. The van der Waals surface area contributed by atoms with E-state index < -0.39 is 0 Å². The molecular weight excluding hydrogens is 615 g/mol. The van der Waals surface area contributed by atoms with Gasteiger partial charge in [-0.1, -0.05) is 115 Å². The highest BCUT2D eigenvalue weighted by Gasteiger charge is 2.23. The normalized spacial score (nSPS) is 12.1. The average molecular weight is 642 g/mol. The van der Waals surface area contributed by atoms with Crippen molar-refractivity contribution < 1.29 is 0 Å². The fourth-order valence-electron chi connectivity index (χ4n) is 8.07. The lowest BCUT2D eigenvalue weighted by Gasteiger charge is -2.14. The van der Waals surface area contributed by atoms with Crippen LogP contribution in [0, 0.1) is 0 Å². The molecule has 11 aromatic rings. The van der Waals surface area contributed by atoms with Gasteiger partial charge >= 0.3 is 0 Å². The molecule has 0 amide bonds. The predicted octanol–water partition coefficient (Wildman–Crippen LogP) is 12.5. The van der Waals surface area contributed by atoms with E-state index in [1.165, 1.54) is 69.4 Å². The van der Waals surface area contributed by atoms with Crippen LogP contribution in [0.25, 0.3) is 97.3 Å². The number of aromatic nitrogens is 3. The Morgan fingerprint density at radius 3 is 1.63 bits per heavy atom. The Hall–Kier alpha value is -6.23. The first kappa shape index (κ1) is 26.8. The molecule has 4 aromatic heterocycles. The molecule has 3 nitrogen and oxygen atoms in total. The second-order valence-corrected chi connectivity index (χ2v) is 13.8. The number of hydrogen-bond donors (Lipinski definition) is 0. The van der Waals surface area contributed by atoms with Gasteiger partial charge in [-0.15, -0.1) is 11.3 Å². The third-order valence-corrected chi connectivity index (χ3v) is 11.2. The molecule has 0 radical (unpaired) electrons. The first-order valence-electron chi connectivity index (χ1n) is 16.6. The molecule has 4 heteroatoms. The van der Waals surface area contributed by atoms with Gasteiger partial charge in [-0.3, -0.25) is 4.57 Å². The Morgan fingerprint density at radius 1 is 0.429 bits per heavy atom. The van der Waals surface area contributed by atoms with Gasteiger partial charge in [-0.2, -0.15) is 0 Å². The molecule has 0 aliphatic carbocycles. The molecule has 0 unspecified atom stereocenters. The molecule has 0 aliphatic rings. The number of benzene rings is 7. The van der Waals surface area contributed by atoms with Gasteiger partial charge in [0.25, 0.3) is 0 Å². The van der Waals surface area contributed by atoms with Crippen LogP contribution in [0.2, 0.25) is 0 Å². The quantitative estimate of drug-likeness (QED) is 0.188. The Balaban J connectivity index is 1.37. The maximum absolute atomic E-state index is 5.40. The van der Waals surface area contributed by atoms with Gasteiger partial charge in [0, 0.05) is 52.8 Å². The van der Waals surface area contributed by atoms with Crippen LogP contribution in [0.15, 0.2) is 164 Å². The van der Waals surface area contributed by atoms with E-state index in [1.807, 2.05) is 11.3 Å². The van der Waals surface area contributed by atoms with E-state index in [0.29, 0.717) is 0 Å². The summed E-state index contributed by atoms with van der Waals surface area (Å²) < 4.78 is 7.44. The van der Waals surface area contributed by atoms with E-state index in [4.69, 9.17) is 4.98 Å². The summed E-state index contributed by atoms with van der Waals surface area (Å²) in [5.74, 6) is 0.923. The lowest BCUT2D eigenvalue weighted by atomic mass is 10.0. The van der Waals surface area contributed by atoms with Crippen LogP contribution in [-0.2, 0) is 0 Å². The third kappa shape index (κ3) is 3.75. The standard InChI is InChI=1S/C45H27N3S/c1-3-13-28(14-4-1)35-27-41(46-36-20-10-7-17-30(35)36)48-38-22-12-9-19-32(38)34-24-26-40-43(45(34)48)42-39(49-40)25-23-33-31-18-8-11-21-37(31)47(44(33)42)29-15-5-2-6-16-29/h1-27H. The highest BCUT2D eigenvalue weighted by atomic mass is 32.1. The van der Waals surface area contributed by atoms with Crippen LogP contribution in [-0.4, -0.2) is 14.1 Å². The lowest BCUT2D eigenvalue weighted by Crippen LogP contribution is -2.00. The minimum absolute atomic E-state index is 0.923. The van der Waals surface area contributed by atoms with Crippen molar-refractivity contribution in [2.24, 2.45) is 0 Å². The van der Waals surface area contributed by atoms with E-state index in [-0.39, 0.29) is 0 Å². The summed E-state index contributed by atoms with van der Waals surface area (Å²) in [7, 11) is 0. The van der Waals surface area contributed by atoms with Crippen molar-refractivity contribution in [3.8, 4) is 22.6 Å². The number of rotatable bonds is 3. The Morgan fingerprint density at radius 2 is 0.959 bits per heavy atom. The summed E-state index contributed by atoms with van der Waals surface area (Å²) in [5, 5.41) is 8.70. The summed E-state index contributed by atoms with van der Waals surface area (Å²) in [6.45, 7) is 0. The average Bonchev–Trinajstić information content (AvgIpc) is 3.82. The molecule has 7 aromatic carbocycles. The molecule has 0 aliphatic heterocycles. The minimum atomic E-state index is 0.923. The van der Waals surface area contributed by atoms with Crippen molar-refractivity contribution in [1.29, 1.82) is 0 Å². The molecule has 4 heterocycles. The Bertz CT molecular complexity index is 3090. The number of nitrogens with zero attached hydrogens (tertiary/aromatic N) is 3. The minimum Gasteiger partial charge on any atom is -0.309 e. The van der Waals surface area contributed by atoms with E-state index >= 15 is 0 Å². The van der Waals surface area contributed by atoms with Crippen LogP contribution >= 0.6 is 11.3 Å². The van der Waals surface area contributed by atoms with Gasteiger partial charge in [-0.05, 0) is 59.7 Å². The fraction of sp³-hybridized carbons (Fsp3) is 0. The predicted molar refractivity (Wildman–Crippen MR) is 209 cm³/mol. The highest BCUT2D eigenvalue weighted by molar-refractivity contribution is 7.26. The second kappa shape index (κ2) is 10.1. The summed E-state index contributed by atoms with van der Waals surface area (Å²) >= 11 is 1.87. The van der Waals surface area contributed by atoms with Gasteiger partial charge in [0.1, 0.15) is 5.82 Å². The van der Waals surface area contributed by atoms with Crippen molar-refractivity contribution in [1.82, 2.24) is 14.1 Å². The zero-order chi connectivity index (χ0) is 32.1. The number of pyridine rings is 1. The maximum atomic E-state index is 5.40. The number of hydrogen-bond acceptors (Lipinski definition) is 2. The fourth-order valence-corrected chi connectivity index (χ4v) is 9.18. The van der Waals surface area contributed by atoms with Gasteiger partial charge < -0.3 is 4.57 Å². The smallest absolute Gasteiger partial charge is 0.138 e. The first-order valence-corrected chi connectivity index (χ1v) is 17.5. The van der Waals surface area contributed by atoms with Crippen LogP contribution in [0.5, 0.6) is 0 Å². The molecule has 0 saturated heterocycles. The number of fused-ring (bicyclic) bond motifs is 12. The molecule has 0 fully saturated rings. The van der Waals surface area contributed by atoms with Crippen molar-refractivity contribution >= 4 is 86.0 Å². The van der Waals surface area contributed by atoms with Crippen LogP contribution in [0.3, 0.4) is 0 Å². The molecule has 49 heavy (non-hydrogen) atoms. The van der Waals surface area contributed by atoms with Crippen molar-refractivity contribution in [2.75, 3.05) is 0 Å². The van der Waals surface area contributed by atoms with Crippen LogP contribution in [0.4, 0.5) is 0 Å². The topological polar surface area (TPSA) is 22.8 Å². The zero-order valence-corrected chi connectivity index (χ0v) is 27.2. The Kier molecular flexibility index (Phi) is 5.54. The highest BCUT2D eigenvalue weighted by Crippen LogP contribution is 2.47. The first-order chi connectivity index (χ1) is 24.3. The molecule has 11 rings (SSSR count). The monoisotopic (exact) mass is 641 g/mol. The molecule has 0 bridgehead atoms. The molecule has 0 saturated carbocycles. The summed E-state index contributed by atoms with van der Waals surface area (Å²) in [4.78, 5) is 5.40. The van der Waals surface area contributed by atoms with Crippen LogP contribution < -0.4 is 0 Å². The SMILES string of the molecule is c1ccc(-c2cc(-n3c4ccccc4c4ccc5sc6ccc7c8ccccc8n(-c8ccccc8)c7c6c5c43)nc3ccccc23)cc1.